The van der Waals surface area contributed by atoms with E-state index in [4.69, 9.17) is 9.26 Å². The van der Waals surface area contributed by atoms with Crippen molar-refractivity contribution in [3.05, 3.63) is 104 Å². The van der Waals surface area contributed by atoms with Gasteiger partial charge in [0.05, 0.1) is 11.9 Å². The number of nitrogens with zero attached hydrogens (tertiary/aromatic N) is 2. The normalized spacial score (nSPS) is 10.9. The fourth-order valence-electron chi connectivity index (χ4n) is 3.41. The Morgan fingerprint density at radius 2 is 1.80 bits per heavy atom. The topological polar surface area (TPSA) is 90.1 Å². The Kier molecular flexibility index (Phi) is 5.34. The van der Waals surface area contributed by atoms with E-state index in [1.54, 1.807) is 18.3 Å². The maximum atomic E-state index is 11.5. The number of nitrogens with one attached hydrogen (secondary N) is 1. The summed E-state index contributed by atoms with van der Waals surface area (Å²) >= 11 is 0. The Labute approximate surface area is 172 Å². The standard InChI is InChI=1S/C23H21N3O4/c1-15-5-3-6-16(2)21(15)18-8-4-7-17(11-18)14-29-20-10-9-19(24-12-20)13-26-22(27)25-23(28)30-26/h3-12H,13-14H2,1-2H3,(H,25,27,28). The van der Waals surface area contributed by atoms with Crippen LogP contribution in [-0.2, 0) is 13.2 Å². The van der Waals surface area contributed by atoms with E-state index >= 15 is 0 Å². The largest absolute Gasteiger partial charge is 0.487 e. The van der Waals surface area contributed by atoms with E-state index in [9.17, 15) is 9.59 Å². The predicted molar refractivity (Wildman–Crippen MR) is 113 cm³/mol. The van der Waals surface area contributed by atoms with Crippen molar-refractivity contribution >= 4 is 0 Å². The molecule has 4 aromatic rings. The van der Waals surface area contributed by atoms with Crippen molar-refractivity contribution in [2.45, 2.75) is 27.0 Å². The summed E-state index contributed by atoms with van der Waals surface area (Å²) in [7, 11) is 0. The molecule has 2 heterocycles. The van der Waals surface area contributed by atoms with Crippen LogP contribution in [0.3, 0.4) is 0 Å². The maximum absolute atomic E-state index is 11.5. The minimum atomic E-state index is -0.789. The number of hydrogen-bond donors (Lipinski definition) is 1. The summed E-state index contributed by atoms with van der Waals surface area (Å²) in [5, 5.41) is 0. The van der Waals surface area contributed by atoms with E-state index in [2.05, 4.69) is 49.2 Å². The van der Waals surface area contributed by atoms with Gasteiger partial charge in [-0.3, -0.25) is 4.98 Å². The Bertz CT molecular complexity index is 1260. The summed E-state index contributed by atoms with van der Waals surface area (Å²) in [5.74, 6) is -0.179. The third-order valence-corrected chi connectivity index (χ3v) is 4.83. The van der Waals surface area contributed by atoms with E-state index in [0.717, 1.165) is 10.3 Å². The molecule has 30 heavy (non-hydrogen) atoms. The molecule has 0 spiro atoms. The highest BCUT2D eigenvalue weighted by Gasteiger charge is 2.08. The molecule has 7 nitrogen and oxygen atoms in total. The van der Waals surface area contributed by atoms with Crippen LogP contribution in [0.25, 0.3) is 11.1 Å². The zero-order valence-corrected chi connectivity index (χ0v) is 16.7. The number of rotatable bonds is 6. The summed E-state index contributed by atoms with van der Waals surface area (Å²) in [5.41, 5.74) is 5.92. The fraction of sp³-hybridized carbons (Fsp3) is 0.174. The van der Waals surface area contributed by atoms with E-state index in [1.807, 2.05) is 17.1 Å². The SMILES string of the molecule is Cc1cccc(C)c1-c1cccc(COc2ccc(Cn3oc(=O)[nH]c3=O)nc2)c1. The molecule has 0 aliphatic carbocycles. The van der Waals surface area contributed by atoms with Crippen molar-refractivity contribution in [3.63, 3.8) is 0 Å². The van der Waals surface area contributed by atoms with Gasteiger partial charge in [-0.2, -0.15) is 0 Å². The van der Waals surface area contributed by atoms with Gasteiger partial charge in [-0.25, -0.2) is 14.6 Å². The highest BCUT2D eigenvalue weighted by atomic mass is 16.5. The molecular weight excluding hydrogens is 382 g/mol. The first kappa shape index (κ1) is 19.4. The quantitative estimate of drug-likeness (QED) is 0.533. The molecule has 0 atom stereocenters. The lowest BCUT2D eigenvalue weighted by molar-refractivity contribution is 0.256. The van der Waals surface area contributed by atoms with Crippen LogP contribution in [0.15, 0.2) is 74.9 Å². The summed E-state index contributed by atoms with van der Waals surface area (Å²) in [4.78, 5) is 28.8. The molecule has 4 rings (SSSR count). The van der Waals surface area contributed by atoms with Gasteiger partial charge in [-0.05, 0) is 59.9 Å². The van der Waals surface area contributed by atoms with Gasteiger partial charge < -0.3 is 9.26 Å². The van der Waals surface area contributed by atoms with Gasteiger partial charge >= 0.3 is 11.4 Å². The smallest absolute Gasteiger partial charge is 0.440 e. The van der Waals surface area contributed by atoms with Gasteiger partial charge in [-0.1, -0.05) is 36.4 Å². The molecule has 2 aromatic carbocycles. The Balaban J connectivity index is 1.44. The Morgan fingerprint density at radius 3 is 2.47 bits per heavy atom. The van der Waals surface area contributed by atoms with E-state index < -0.39 is 11.4 Å². The van der Waals surface area contributed by atoms with Crippen molar-refractivity contribution in [2.75, 3.05) is 0 Å². The zero-order chi connectivity index (χ0) is 21.1. The van der Waals surface area contributed by atoms with Crippen LogP contribution >= 0.6 is 0 Å². The number of aromatic amines is 1. The van der Waals surface area contributed by atoms with Crippen LogP contribution in [0, 0.1) is 13.8 Å². The van der Waals surface area contributed by atoms with Gasteiger partial charge in [0, 0.05) is 0 Å². The molecule has 0 amide bonds. The molecule has 0 unspecified atom stereocenters. The summed E-state index contributed by atoms with van der Waals surface area (Å²) < 4.78 is 11.5. The van der Waals surface area contributed by atoms with Crippen LogP contribution in [-0.4, -0.2) is 14.7 Å². The van der Waals surface area contributed by atoms with Gasteiger partial charge in [0.1, 0.15) is 18.9 Å². The molecule has 0 radical (unpaired) electrons. The fourth-order valence-corrected chi connectivity index (χ4v) is 3.41. The van der Waals surface area contributed by atoms with Crippen LogP contribution in [0.2, 0.25) is 0 Å². The molecular formula is C23H21N3O4. The number of benzene rings is 2. The second-order valence-corrected chi connectivity index (χ2v) is 7.09. The first-order valence-corrected chi connectivity index (χ1v) is 9.53. The second-order valence-electron chi connectivity index (χ2n) is 7.09. The number of H-pyrrole nitrogens is 1. The van der Waals surface area contributed by atoms with Gasteiger partial charge in [0.2, 0.25) is 0 Å². The molecule has 0 aliphatic heterocycles. The number of aryl methyl sites for hydroxylation is 2. The number of ether oxygens (including phenoxy) is 1. The van der Waals surface area contributed by atoms with Crippen LogP contribution in [0.4, 0.5) is 0 Å². The van der Waals surface area contributed by atoms with Crippen LogP contribution in [0.1, 0.15) is 22.4 Å². The third-order valence-electron chi connectivity index (χ3n) is 4.83. The van der Waals surface area contributed by atoms with E-state index in [-0.39, 0.29) is 6.54 Å². The summed E-state index contributed by atoms with van der Waals surface area (Å²) in [6, 6.07) is 18.1. The van der Waals surface area contributed by atoms with E-state index in [1.165, 1.54) is 22.3 Å². The summed E-state index contributed by atoms with van der Waals surface area (Å²) in [6.07, 6.45) is 1.58. The molecule has 0 aliphatic rings. The highest BCUT2D eigenvalue weighted by Crippen LogP contribution is 2.28. The van der Waals surface area contributed by atoms with Gasteiger partial charge in [-0.15, -0.1) is 4.74 Å². The maximum Gasteiger partial charge on any atom is 0.440 e. The first-order valence-electron chi connectivity index (χ1n) is 9.53. The Hall–Kier alpha value is -3.87. The molecule has 2 aromatic heterocycles. The average molecular weight is 403 g/mol. The molecule has 0 saturated heterocycles. The molecule has 0 bridgehead atoms. The van der Waals surface area contributed by atoms with Crippen LogP contribution in [0.5, 0.6) is 5.75 Å². The molecule has 7 heteroatoms. The van der Waals surface area contributed by atoms with Gasteiger partial charge in [0.25, 0.3) is 0 Å². The van der Waals surface area contributed by atoms with Crippen molar-refractivity contribution in [1.82, 2.24) is 14.7 Å². The molecule has 0 saturated carbocycles. The summed E-state index contributed by atoms with van der Waals surface area (Å²) in [6.45, 7) is 4.71. The highest BCUT2D eigenvalue weighted by molar-refractivity contribution is 5.71. The lowest BCUT2D eigenvalue weighted by Gasteiger charge is -2.12. The first-order chi connectivity index (χ1) is 14.5. The number of aromatic nitrogens is 3. The minimum absolute atomic E-state index is 0.0652. The van der Waals surface area contributed by atoms with E-state index in [0.29, 0.717) is 18.1 Å². The van der Waals surface area contributed by atoms with Crippen molar-refractivity contribution in [2.24, 2.45) is 0 Å². The van der Waals surface area contributed by atoms with Crippen LogP contribution < -0.4 is 16.2 Å². The van der Waals surface area contributed by atoms with Crippen molar-refractivity contribution in [3.8, 4) is 16.9 Å². The molecule has 1 N–H and O–H groups in total. The van der Waals surface area contributed by atoms with Gasteiger partial charge in [0.15, 0.2) is 0 Å². The lowest BCUT2D eigenvalue weighted by Crippen LogP contribution is -2.17. The second kappa shape index (κ2) is 8.24. The molecule has 152 valence electrons. The Morgan fingerprint density at radius 1 is 1.03 bits per heavy atom. The zero-order valence-electron chi connectivity index (χ0n) is 16.7. The lowest BCUT2D eigenvalue weighted by atomic mass is 9.95. The third kappa shape index (κ3) is 4.25. The minimum Gasteiger partial charge on any atom is -0.487 e. The number of pyridine rings is 1. The molecule has 0 fully saturated rings. The van der Waals surface area contributed by atoms with Crippen molar-refractivity contribution < 1.29 is 9.26 Å². The predicted octanol–water partition coefficient (Wildman–Crippen LogP) is 3.44. The monoisotopic (exact) mass is 403 g/mol. The average Bonchev–Trinajstić information content (AvgIpc) is 3.04. The van der Waals surface area contributed by atoms with Crippen molar-refractivity contribution in [1.29, 1.82) is 0 Å². The number of hydrogen-bond acceptors (Lipinski definition) is 5.